The molecule has 2 amide bonds. The third-order valence-electron chi connectivity index (χ3n) is 5.27. The van der Waals surface area contributed by atoms with Gasteiger partial charge in [0.05, 0.1) is 10.0 Å². The summed E-state index contributed by atoms with van der Waals surface area (Å²) in [6.45, 7) is 4.53. The van der Waals surface area contributed by atoms with E-state index in [4.69, 9.17) is 9.47 Å². The molecule has 8 nitrogen and oxygen atoms in total. The third-order valence-corrected chi connectivity index (χ3v) is 6.32. The summed E-state index contributed by atoms with van der Waals surface area (Å²) in [4.78, 5) is 36.9. The van der Waals surface area contributed by atoms with Gasteiger partial charge in [-0.2, -0.15) is 5.01 Å². The fourth-order valence-electron chi connectivity index (χ4n) is 3.65. The van der Waals surface area contributed by atoms with Gasteiger partial charge in [0, 0.05) is 35.1 Å². The largest absolute Gasteiger partial charge is 0.446 e. The number of ether oxygens (including phenoxy) is 2. The van der Waals surface area contributed by atoms with Crippen LogP contribution in [0.4, 0.5) is 5.69 Å². The molecule has 0 radical (unpaired) electrons. The highest BCUT2D eigenvalue weighted by Crippen LogP contribution is 2.38. The summed E-state index contributed by atoms with van der Waals surface area (Å²) in [5.41, 5.74) is 2.93. The molecule has 0 unspecified atom stereocenters. The van der Waals surface area contributed by atoms with Gasteiger partial charge in [-0.1, -0.05) is 46.3 Å². The SMILES string of the molecule is CC(=O)Oc1c(Br)cc(Br)cc1C1=NN(C(C)=O)[C@H](c2cccc(NC(=O)c3ccccc3C)c2)O1. The average molecular weight is 615 g/mol. The lowest BCUT2D eigenvalue weighted by Gasteiger charge is -2.20. The smallest absolute Gasteiger partial charge is 0.308 e. The molecule has 184 valence electrons. The van der Waals surface area contributed by atoms with Gasteiger partial charge in [0.25, 0.3) is 5.91 Å². The van der Waals surface area contributed by atoms with Crippen LogP contribution in [0.2, 0.25) is 0 Å². The number of anilines is 1. The molecule has 1 N–H and O–H groups in total. The second-order valence-corrected chi connectivity index (χ2v) is 9.76. The highest BCUT2D eigenvalue weighted by molar-refractivity contribution is 9.11. The summed E-state index contributed by atoms with van der Waals surface area (Å²) >= 11 is 6.82. The maximum Gasteiger partial charge on any atom is 0.308 e. The fourth-order valence-corrected chi connectivity index (χ4v) is 4.96. The molecule has 0 aromatic heterocycles. The van der Waals surface area contributed by atoms with Gasteiger partial charge in [-0.15, -0.1) is 5.10 Å². The molecule has 1 aliphatic heterocycles. The lowest BCUT2D eigenvalue weighted by molar-refractivity contribution is -0.135. The van der Waals surface area contributed by atoms with Crippen LogP contribution in [0, 0.1) is 6.92 Å². The van der Waals surface area contributed by atoms with E-state index in [1.807, 2.05) is 19.1 Å². The van der Waals surface area contributed by atoms with Gasteiger partial charge in [-0.3, -0.25) is 14.4 Å². The second-order valence-electron chi connectivity index (χ2n) is 7.99. The second kappa shape index (κ2) is 10.6. The van der Waals surface area contributed by atoms with Gasteiger partial charge in [0.15, 0.2) is 5.75 Å². The van der Waals surface area contributed by atoms with Gasteiger partial charge in [0.2, 0.25) is 18.0 Å². The van der Waals surface area contributed by atoms with Gasteiger partial charge in [-0.25, -0.2) is 0 Å². The van der Waals surface area contributed by atoms with Crippen molar-refractivity contribution in [1.82, 2.24) is 5.01 Å². The molecule has 4 rings (SSSR count). The van der Waals surface area contributed by atoms with Crippen LogP contribution >= 0.6 is 31.9 Å². The third kappa shape index (κ3) is 5.50. The quantitative estimate of drug-likeness (QED) is 0.283. The molecule has 36 heavy (non-hydrogen) atoms. The molecule has 1 aliphatic rings. The predicted molar refractivity (Wildman–Crippen MR) is 142 cm³/mol. The molecule has 0 fully saturated rings. The van der Waals surface area contributed by atoms with E-state index in [0.29, 0.717) is 31.3 Å². The Bertz CT molecular complexity index is 1410. The van der Waals surface area contributed by atoms with Crippen molar-refractivity contribution in [3.05, 3.63) is 91.9 Å². The normalized spacial score (nSPS) is 14.6. The molecular weight excluding hydrogens is 594 g/mol. The average Bonchev–Trinajstić information content (AvgIpc) is 3.27. The Morgan fingerprint density at radius 1 is 1.03 bits per heavy atom. The van der Waals surface area contributed by atoms with Gasteiger partial charge in [-0.05, 0) is 58.7 Å². The summed E-state index contributed by atoms with van der Waals surface area (Å²) in [7, 11) is 0. The van der Waals surface area contributed by atoms with Crippen molar-refractivity contribution >= 4 is 61.2 Å². The van der Waals surface area contributed by atoms with Crippen molar-refractivity contribution in [2.45, 2.75) is 27.0 Å². The van der Waals surface area contributed by atoms with Crippen molar-refractivity contribution in [3.8, 4) is 5.75 Å². The Morgan fingerprint density at radius 2 is 1.78 bits per heavy atom. The Balaban J connectivity index is 1.65. The van der Waals surface area contributed by atoms with Crippen LogP contribution in [-0.2, 0) is 14.3 Å². The molecule has 0 aliphatic carbocycles. The van der Waals surface area contributed by atoms with Crippen LogP contribution < -0.4 is 10.1 Å². The Kier molecular flexibility index (Phi) is 7.56. The number of benzene rings is 3. The lowest BCUT2D eigenvalue weighted by Crippen LogP contribution is -2.25. The molecular formula is C26H21Br2N3O5. The summed E-state index contributed by atoms with van der Waals surface area (Å²) in [6.07, 6.45) is -0.893. The number of rotatable bonds is 5. The molecule has 0 spiro atoms. The highest BCUT2D eigenvalue weighted by Gasteiger charge is 2.35. The van der Waals surface area contributed by atoms with Crippen molar-refractivity contribution in [1.29, 1.82) is 0 Å². The maximum atomic E-state index is 12.8. The van der Waals surface area contributed by atoms with E-state index < -0.39 is 12.2 Å². The first kappa shape index (κ1) is 25.6. The van der Waals surface area contributed by atoms with E-state index in [2.05, 4.69) is 42.3 Å². The zero-order valence-electron chi connectivity index (χ0n) is 19.5. The number of nitrogens with one attached hydrogen (secondary N) is 1. The Hall–Kier alpha value is -3.50. The number of amides is 2. The number of hydrogen-bond donors (Lipinski definition) is 1. The zero-order valence-corrected chi connectivity index (χ0v) is 22.7. The minimum absolute atomic E-state index is 0.0998. The van der Waals surface area contributed by atoms with Crippen LogP contribution in [0.1, 0.15) is 47.1 Å². The minimum atomic E-state index is -0.893. The molecule has 0 saturated carbocycles. The van der Waals surface area contributed by atoms with E-state index >= 15 is 0 Å². The fraction of sp³-hybridized carbons (Fsp3) is 0.154. The van der Waals surface area contributed by atoms with Crippen molar-refractivity contribution < 1.29 is 23.9 Å². The molecule has 3 aromatic rings. The van der Waals surface area contributed by atoms with Crippen molar-refractivity contribution in [2.75, 3.05) is 5.32 Å². The molecule has 0 saturated heterocycles. The van der Waals surface area contributed by atoms with E-state index in [0.717, 1.165) is 5.56 Å². The van der Waals surface area contributed by atoms with Crippen molar-refractivity contribution in [3.63, 3.8) is 0 Å². The van der Waals surface area contributed by atoms with E-state index in [1.165, 1.54) is 18.9 Å². The number of halogens is 2. The van der Waals surface area contributed by atoms with Gasteiger partial charge < -0.3 is 14.8 Å². The highest BCUT2D eigenvalue weighted by atomic mass is 79.9. The number of carbonyl (C=O) groups excluding carboxylic acids is 3. The van der Waals surface area contributed by atoms with E-state index in [1.54, 1.807) is 48.5 Å². The molecule has 3 aromatic carbocycles. The van der Waals surface area contributed by atoms with Crippen molar-refractivity contribution in [2.24, 2.45) is 5.10 Å². The molecule has 10 heteroatoms. The van der Waals surface area contributed by atoms with Crippen LogP contribution in [0.15, 0.2) is 74.7 Å². The number of nitrogens with zero attached hydrogens (tertiary/aromatic N) is 2. The Labute approximate surface area is 224 Å². The minimum Gasteiger partial charge on any atom is -0.446 e. The predicted octanol–water partition coefficient (Wildman–Crippen LogP) is 5.94. The topological polar surface area (TPSA) is 97.3 Å². The summed E-state index contributed by atoms with van der Waals surface area (Å²) in [5.74, 6) is -0.805. The number of esters is 1. The summed E-state index contributed by atoms with van der Waals surface area (Å²) in [5, 5.41) is 8.46. The number of aryl methyl sites for hydroxylation is 1. The summed E-state index contributed by atoms with van der Waals surface area (Å²) < 4.78 is 12.7. The number of hydrazone groups is 1. The van der Waals surface area contributed by atoms with E-state index in [9.17, 15) is 14.4 Å². The lowest BCUT2D eigenvalue weighted by atomic mass is 10.1. The van der Waals surface area contributed by atoms with Gasteiger partial charge >= 0.3 is 5.97 Å². The van der Waals surface area contributed by atoms with Crippen LogP contribution in [0.25, 0.3) is 0 Å². The summed E-state index contributed by atoms with van der Waals surface area (Å²) in [6, 6.07) is 17.7. The van der Waals surface area contributed by atoms with Gasteiger partial charge in [0.1, 0.15) is 0 Å². The molecule has 1 atom stereocenters. The molecule has 0 bridgehead atoms. The first-order valence-corrected chi connectivity index (χ1v) is 12.4. The maximum absolute atomic E-state index is 12.8. The molecule has 1 heterocycles. The first-order chi connectivity index (χ1) is 17.1. The Morgan fingerprint density at radius 3 is 2.47 bits per heavy atom. The number of hydrogen-bond acceptors (Lipinski definition) is 6. The van der Waals surface area contributed by atoms with Crippen LogP contribution in [-0.4, -0.2) is 28.7 Å². The monoisotopic (exact) mass is 613 g/mol. The van der Waals surface area contributed by atoms with Crippen LogP contribution in [0.5, 0.6) is 5.75 Å². The standard InChI is InChI=1S/C26H21Br2N3O5/c1-14-7-4-5-10-20(14)24(34)29-19-9-6-8-17(11-19)26-31(15(2)32)30-25(36-26)21-12-18(27)13-22(28)23(21)35-16(3)33/h4-13,26H,1-3H3,(H,29,34)/t26-/m0/s1. The van der Waals surface area contributed by atoms with Crippen LogP contribution in [0.3, 0.4) is 0 Å². The zero-order chi connectivity index (χ0) is 26.0. The van der Waals surface area contributed by atoms with E-state index in [-0.39, 0.29) is 23.5 Å². The number of carbonyl (C=O) groups is 3. The first-order valence-electron chi connectivity index (χ1n) is 10.8.